The van der Waals surface area contributed by atoms with E-state index in [4.69, 9.17) is 19.2 Å². The fraction of sp³-hybridized carbons (Fsp3) is 0.103. The maximum atomic E-state index is 13.6. The lowest BCUT2D eigenvalue weighted by Gasteiger charge is -2.13. The number of benzene rings is 3. The average molecular weight is 483 g/mol. The molecule has 36 heavy (non-hydrogen) atoms. The van der Waals surface area contributed by atoms with Crippen LogP contribution in [-0.2, 0) is 0 Å². The highest BCUT2D eigenvalue weighted by Crippen LogP contribution is 2.38. The number of hydrogen-bond acceptors (Lipinski definition) is 5. The molecular weight excluding hydrogens is 459 g/mol. The van der Waals surface area contributed by atoms with Gasteiger partial charge in [-0.05, 0) is 60.7 Å². The number of nitrogens with one attached hydrogen (secondary N) is 1. The molecule has 0 radical (unpaired) electrons. The third-order valence-corrected chi connectivity index (χ3v) is 5.99. The number of H-pyrrole nitrogens is 1. The van der Waals surface area contributed by atoms with E-state index in [1.54, 1.807) is 30.3 Å². The first-order chi connectivity index (χ1) is 17.5. The zero-order valence-electron chi connectivity index (χ0n) is 20.0. The van der Waals surface area contributed by atoms with Crippen molar-refractivity contribution in [1.29, 1.82) is 0 Å². The summed E-state index contributed by atoms with van der Waals surface area (Å²) in [6.45, 7) is 0. The number of carbonyl (C=O) groups is 1. The molecule has 0 unspecified atom stereocenters. The molecule has 0 saturated heterocycles. The first-order valence-corrected chi connectivity index (χ1v) is 11.2. The van der Waals surface area contributed by atoms with Crippen LogP contribution < -0.4 is 14.2 Å². The quantitative estimate of drug-likeness (QED) is 0.213. The molecule has 5 rings (SSSR count). The van der Waals surface area contributed by atoms with Crippen molar-refractivity contribution in [2.24, 2.45) is 0 Å². The molecule has 0 aliphatic rings. The van der Waals surface area contributed by atoms with Crippen molar-refractivity contribution in [2.45, 2.75) is 0 Å². The van der Waals surface area contributed by atoms with Crippen LogP contribution in [0.5, 0.6) is 17.2 Å². The maximum absolute atomic E-state index is 13.6. The number of aromatic amines is 1. The molecule has 0 saturated carbocycles. The standard InChI is InChI=1S/C29H23FN2O4/c1-34-25-14-18(15-26(35-2)29(25)36-3)24(33)13-12-20-16-22-21-6-4-5-7-23(21)32-28(22)27(31-20)17-8-10-19(30)11-9-17/h4-16,32H,1-3H3/b13-12+. The third-order valence-electron chi connectivity index (χ3n) is 5.99. The van der Waals surface area contributed by atoms with Crippen molar-refractivity contribution in [1.82, 2.24) is 9.97 Å². The van der Waals surface area contributed by atoms with Gasteiger partial charge in [0.2, 0.25) is 5.75 Å². The Morgan fingerprint density at radius 1 is 0.889 bits per heavy atom. The molecule has 6 nitrogen and oxygen atoms in total. The topological polar surface area (TPSA) is 73.4 Å². The van der Waals surface area contributed by atoms with Crippen LogP contribution in [0.15, 0.2) is 72.8 Å². The summed E-state index contributed by atoms with van der Waals surface area (Å²) in [7, 11) is 4.50. The number of fused-ring (bicyclic) bond motifs is 3. The average Bonchev–Trinajstić information content (AvgIpc) is 3.29. The molecule has 2 heterocycles. The predicted molar refractivity (Wildman–Crippen MR) is 138 cm³/mol. The fourth-order valence-electron chi connectivity index (χ4n) is 4.25. The molecular formula is C29H23FN2O4. The van der Waals surface area contributed by atoms with E-state index in [9.17, 15) is 9.18 Å². The molecule has 0 fully saturated rings. The molecule has 0 atom stereocenters. The van der Waals surface area contributed by atoms with Crippen LogP contribution >= 0.6 is 0 Å². The van der Waals surface area contributed by atoms with Crippen molar-refractivity contribution in [2.75, 3.05) is 21.3 Å². The highest BCUT2D eigenvalue weighted by Gasteiger charge is 2.17. The minimum Gasteiger partial charge on any atom is -0.493 e. The fourth-order valence-corrected chi connectivity index (χ4v) is 4.25. The van der Waals surface area contributed by atoms with Gasteiger partial charge in [0, 0.05) is 27.4 Å². The SMILES string of the molecule is COc1cc(C(=O)/C=C/c2cc3c([nH]c4ccccc43)c(-c3ccc(F)cc3)n2)cc(OC)c1OC. The van der Waals surface area contributed by atoms with Gasteiger partial charge in [-0.25, -0.2) is 9.37 Å². The highest BCUT2D eigenvalue weighted by atomic mass is 19.1. The molecule has 1 N–H and O–H groups in total. The number of pyridine rings is 1. The van der Waals surface area contributed by atoms with Crippen LogP contribution in [0.4, 0.5) is 4.39 Å². The van der Waals surface area contributed by atoms with Crippen molar-refractivity contribution in [3.05, 3.63) is 89.9 Å². The molecule has 0 spiro atoms. The van der Waals surface area contributed by atoms with Crippen molar-refractivity contribution < 1.29 is 23.4 Å². The Labute approximate surface area is 207 Å². The molecule has 0 amide bonds. The summed E-state index contributed by atoms with van der Waals surface area (Å²) in [4.78, 5) is 21.3. The molecule has 0 aliphatic carbocycles. The van der Waals surface area contributed by atoms with Crippen LogP contribution in [-0.4, -0.2) is 37.1 Å². The Balaban J connectivity index is 1.60. The van der Waals surface area contributed by atoms with Crippen LogP contribution in [0.3, 0.4) is 0 Å². The molecule has 2 aromatic heterocycles. The number of rotatable bonds is 7. The van der Waals surface area contributed by atoms with E-state index in [0.717, 1.165) is 27.4 Å². The summed E-state index contributed by atoms with van der Waals surface area (Å²) in [6, 6.07) is 19.3. The van der Waals surface area contributed by atoms with E-state index in [-0.39, 0.29) is 11.6 Å². The smallest absolute Gasteiger partial charge is 0.203 e. The lowest BCUT2D eigenvalue weighted by molar-refractivity contribution is 0.104. The largest absolute Gasteiger partial charge is 0.493 e. The van der Waals surface area contributed by atoms with Gasteiger partial charge in [0.25, 0.3) is 0 Å². The van der Waals surface area contributed by atoms with Gasteiger partial charge in [-0.3, -0.25) is 4.79 Å². The summed E-state index contributed by atoms with van der Waals surface area (Å²) in [5.41, 5.74) is 4.21. The summed E-state index contributed by atoms with van der Waals surface area (Å²) in [5, 5.41) is 1.99. The minimum absolute atomic E-state index is 0.251. The van der Waals surface area contributed by atoms with Gasteiger partial charge in [0.15, 0.2) is 17.3 Å². The molecule has 0 bridgehead atoms. The van der Waals surface area contributed by atoms with Crippen LogP contribution in [0.25, 0.3) is 39.1 Å². The minimum atomic E-state index is -0.321. The number of halogens is 1. The first-order valence-electron chi connectivity index (χ1n) is 11.2. The Kier molecular flexibility index (Phi) is 6.12. The normalized spacial score (nSPS) is 11.3. The zero-order chi connectivity index (χ0) is 25.2. The van der Waals surface area contributed by atoms with Crippen molar-refractivity contribution in [3.63, 3.8) is 0 Å². The van der Waals surface area contributed by atoms with Gasteiger partial charge in [-0.2, -0.15) is 0 Å². The Hall–Kier alpha value is -4.65. The lowest BCUT2D eigenvalue weighted by atomic mass is 10.1. The summed E-state index contributed by atoms with van der Waals surface area (Å²) in [6.07, 6.45) is 3.12. The van der Waals surface area contributed by atoms with Gasteiger partial charge in [-0.1, -0.05) is 18.2 Å². The Morgan fingerprint density at radius 3 is 2.25 bits per heavy atom. The number of carbonyl (C=O) groups excluding carboxylic acids is 1. The van der Waals surface area contributed by atoms with Crippen LogP contribution in [0.1, 0.15) is 16.1 Å². The van der Waals surface area contributed by atoms with E-state index in [0.29, 0.717) is 34.2 Å². The molecule has 3 aromatic carbocycles. The molecule has 180 valence electrons. The van der Waals surface area contributed by atoms with E-state index >= 15 is 0 Å². The van der Waals surface area contributed by atoms with Gasteiger partial charge in [0.05, 0.1) is 38.2 Å². The number of allylic oxidation sites excluding steroid dienone is 1. The predicted octanol–water partition coefficient (Wildman–Crippen LogP) is 6.44. The highest BCUT2D eigenvalue weighted by molar-refractivity contribution is 6.12. The van der Waals surface area contributed by atoms with Gasteiger partial charge < -0.3 is 19.2 Å². The van der Waals surface area contributed by atoms with Gasteiger partial charge >= 0.3 is 0 Å². The number of nitrogens with zero attached hydrogens (tertiary/aromatic N) is 1. The summed E-state index contributed by atoms with van der Waals surface area (Å²) >= 11 is 0. The third kappa shape index (κ3) is 4.15. The Morgan fingerprint density at radius 2 is 1.58 bits per heavy atom. The number of para-hydroxylation sites is 1. The van der Waals surface area contributed by atoms with E-state index in [1.807, 2.05) is 30.3 Å². The second kappa shape index (κ2) is 9.54. The van der Waals surface area contributed by atoms with Crippen LogP contribution in [0.2, 0.25) is 0 Å². The lowest BCUT2D eigenvalue weighted by Crippen LogP contribution is -2.00. The summed E-state index contributed by atoms with van der Waals surface area (Å²) < 4.78 is 29.6. The van der Waals surface area contributed by atoms with Gasteiger partial charge in [0.1, 0.15) is 5.82 Å². The van der Waals surface area contributed by atoms with Crippen molar-refractivity contribution in [3.8, 4) is 28.5 Å². The molecule has 7 heteroatoms. The monoisotopic (exact) mass is 482 g/mol. The first kappa shape index (κ1) is 23.1. The maximum Gasteiger partial charge on any atom is 0.203 e. The van der Waals surface area contributed by atoms with E-state index in [2.05, 4.69) is 4.98 Å². The summed E-state index contributed by atoms with van der Waals surface area (Å²) in [5.74, 6) is 0.629. The number of ketones is 1. The second-order valence-corrected chi connectivity index (χ2v) is 8.11. The molecule has 0 aliphatic heterocycles. The van der Waals surface area contributed by atoms with Crippen LogP contribution in [0, 0.1) is 5.82 Å². The van der Waals surface area contributed by atoms with Crippen molar-refractivity contribution >= 4 is 33.7 Å². The Bertz CT molecular complexity index is 1600. The zero-order valence-corrected chi connectivity index (χ0v) is 20.0. The number of methoxy groups -OCH3 is 3. The van der Waals surface area contributed by atoms with E-state index < -0.39 is 0 Å². The second-order valence-electron chi connectivity index (χ2n) is 8.11. The number of aromatic nitrogens is 2. The van der Waals surface area contributed by atoms with Gasteiger partial charge in [-0.15, -0.1) is 0 Å². The van der Waals surface area contributed by atoms with E-state index in [1.165, 1.54) is 39.5 Å². The number of ether oxygens (including phenoxy) is 3. The number of hydrogen-bond donors (Lipinski definition) is 1. The molecule has 5 aromatic rings.